The molecule has 0 unspecified atom stereocenters. The molecule has 0 radical (unpaired) electrons. The van der Waals surface area contributed by atoms with Crippen molar-refractivity contribution in [2.24, 2.45) is 23.1 Å². The Balaban J connectivity index is -0.000000160. The Bertz CT molecular complexity index is 496. The molecule has 0 aliphatic rings. The van der Waals surface area contributed by atoms with Gasteiger partial charge in [0.15, 0.2) is 0 Å². The summed E-state index contributed by atoms with van der Waals surface area (Å²) in [5.74, 6) is -5.86. The van der Waals surface area contributed by atoms with Gasteiger partial charge in [-0.25, -0.2) is 0 Å². The van der Waals surface area contributed by atoms with Crippen molar-refractivity contribution < 1.29 is 49.5 Å². The van der Waals surface area contributed by atoms with Crippen molar-refractivity contribution in [3.63, 3.8) is 0 Å². The molecule has 0 aromatic rings. The third-order valence-electron chi connectivity index (χ3n) is 2.96. The number of carboxylic acid groups (broad SMARTS) is 5. The molecule has 0 amide bonds. The quantitative estimate of drug-likeness (QED) is 0.172. The van der Waals surface area contributed by atoms with Crippen molar-refractivity contribution in [1.82, 2.24) is 0 Å². The van der Waals surface area contributed by atoms with Gasteiger partial charge in [0.05, 0.1) is 0 Å². The summed E-state index contributed by atoms with van der Waals surface area (Å²) < 4.78 is 0. The fourth-order valence-electron chi connectivity index (χ4n) is 1.08. The second-order valence-corrected chi connectivity index (χ2v) is 5.82. The largest absolute Gasteiger partial charge is 2.00 e. The summed E-state index contributed by atoms with van der Waals surface area (Å²) in [6.45, 7) is 3.55. The van der Waals surface area contributed by atoms with Gasteiger partial charge in [-0.3, -0.25) is 14.4 Å². The SMILES string of the molecule is CC(C)[C@H](N)C(=O)O.N[C@@H](CCC(=O)[O-])C(=O)O.N[C@@H](CCC(=O)[O-])C(=O)O.[Ca+2]. The van der Waals surface area contributed by atoms with Gasteiger partial charge in [0, 0.05) is 11.9 Å². The molecule has 29 heavy (non-hydrogen) atoms. The molecular weight excluding hydrogens is 422 g/mol. The predicted molar refractivity (Wildman–Crippen MR) is 95.9 cm³/mol. The molecule has 0 bridgehead atoms. The maximum atomic E-state index is 10.0. The first-order valence-corrected chi connectivity index (χ1v) is 7.98. The predicted octanol–water partition coefficient (Wildman–Crippen LogP) is -4.47. The molecule has 0 aromatic heterocycles. The Morgan fingerprint density at radius 3 is 1.10 bits per heavy atom. The monoisotopic (exact) mass is 449 g/mol. The van der Waals surface area contributed by atoms with Gasteiger partial charge in [0.2, 0.25) is 0 Å². The molecule has 3 atom stereocenters. The second kappa shape index (κ2) is 19.8. The Kier molecular flexibility index (Phi) is 23.9. The third kappa shape index (κ3) is 26.5. The zero-order valence-electron chi connectivity index (χ0n) is 16.3. The van der Waals surface area contributed by atoms with Crippen LogP contribution in [0.3, 0.4) is 0 Å². The summed E-state index contributed by atoms with van der Waals surface area (Å²) >= 11 is 0. The fraction of sp³-hybridized carbons (Fsp3) is 0.667. The van der Waals surface area contributed by atoms with Crippen molar-refractivity contribution in [3.05, 3.63) is 0 Å². The summed E-state index contributed by atoms with van der Waals surface area (Å²) in [7, 11) is 0. The number of aliphatic carboxylic acids is 5. The van der Waals surface area contributed by atoms with Crippen molar-refractivity contribution in [2.75, 3.05) is 0 Å². The van der Waals surface area contributed by atoms with E-state index in [9.17, 15) is 34.2 Å². The molecule has 0 saturated carbocycles. The maximum Gasteiger partial charge on any atom is 2.00 e. The average molecular weight is 449 g/mol. The second-order valence-electron chi connectivity index (χ2n) is 5.82. The summed E-state index contributed by atoms with van der Waals surface area (Å²) in [6, 6.07) is -2.91. The molecule has 0 fully saturated rings. The molecule has 164 valence electrons. The van der Waals surface area contributed by atoms with E-state index in [2.05, 4.69) is 0 Å². The van der Waals surface area contributed by atoms with Crippen LogP contribution in [0, 0.1) is 5.92 Å². The first kappa shape index (κ1) is 35.0. The topological polar surface area (TPSA) is 270 Å². The first-order chi connectivity index (χ1) is 12.6. The number of carbonyl (C=O) groups is 5. The van der Waals surface area contributed by atoms with Crippen molar-refractivity contribution in [1.29, 1.82) is 0 Å². The van der Waals surface area contributed by atoms with E-state index in [0.29, 0.717) is 0 Å². The minimum atomic E-state index is -1.28. The number of rotatable bonds is 10. The third-order valence-corrected chi connectivity index (χ3v) is 2.96. The summed E-state index contributed by atoms with van der Waals surface area (Å²) in [4.78, 5) is 49.5. The molecule has 0 aliphatic carbocycles. The first-order valence-electron chi connectivity index (χ1n) is 7.98. The molecule has 0 saturated heterocycles. The molecular formula is C15H27CaN3O10. The number of hydrogen-bond donors (Lipinski definition) is 6. The Hall–Kier alpha value is -1.51. The molecule has 0 rings (SSSR count). The van der Waals surface area contributed by atoms with Crippen LogP contribution in [0.15, 0.2) is 0 Å². The molecule has 9 N–H and O–H groups in total. The minimum Gasteiger partial charge on any atom is -0.550 e. The zero-order valence-corrected chi connectivity index (χ0v) is 18.5. The van der Waals surface area contributed by atoms with E-state index < -0.39 is 48.0 Å². The van der Waals surface area contributed by atoms with Crippen LogP contribution >= 0.6 is 0 Å². The van der Waals surface area contributed by atoms with E-state index in [4.69, 9.17) is 32.5 Å². The Morgan fingerprint density at radius 2 is 1.00 bits per heavy atom. The number of carbonyl (C=O) groups excluding carboxylic acids is 2. The molecule has 13 nitrogen and oxygen atoms in total. The fourth-order valence-corrected chi connectivity index (χ4v) is 1.08. The van der Waals surface area contributed by atoms with Gasteiger partial charge in [0.25, 0.3) is 0 Å². The van der Waals surface area contributed by atoms with Crippen LogP contribution in [-0.4, -0.2) is 101 Å². The summed E-state index contributed by atoms with van der Waals surface area (Å²) in [6.07, 6.45) is -0.795. The van der Waals surface area contributed by atoms with Gasteiger partial charge in [-0.15, -0.1) is 0 Å². The van der Waals surface area contributed by atoms with Crippen LogP contribution < -0.4 is 27.4 Å². The van der Waals surface area contributed by atoms with Gasteiger partial charge in [0.1, 0.15) is 18.1 Å². The van der Waals surface area contributed by atoms with Crippen LogP contribution in [-0.2, 0) is 24.0 Å². The van der Waals surface area contributed by atoms with Crippen molar-refractivity contribution in [3.8, 4) is 0 Å². The molecule has 14 heteroatoms. The Morgan fingerprint density at radius 1 is 0.724 bits per heavy atom. The van der Waals surface area contributed by atoms with E-state index in [0.717, 1.165) is 0 Å². The zero-order chi connectivity index (χ0) is 23.0. The van der Waals surface area contributed by atoms with E-state index in [1.165, 1.54) is 0 Å². The minimum absolute atomic E-state index is 0. The Labute approximate surface area is 197 Å². The molecule has 0 spiro atoms. The number of carboxylic acids is 5. The van der Waals surface area contributed by atoms with E-state index in [-0.39, 0.29) is 69.3 Å². The molecule has 0 aromatic carbocycles. The van der Waals surface area contributed by atoms with Gasteiger partial charge in [-0.2, -0.15) is 0 Å². The van der Waals surface area contributed by atoms with Crippen molar-refractivity contribution in [2.45, 2.75) is 57.7 Å². The van der Waals surface area contributed by atoms with Gasteiger partial charge >= 0.3 is 55.6 Å². The van der Waals surface area contributed by atoms with Crippen LogP contribution in [0.5, 0.6) is 0 Å². The van der Waals surface area contributed by atoms with E-state index in [1.807, 2.05) is 0 Å². The van der Waals surface area contributed by atoms with Crippen LogP contribution in [0.25, 0.3) is 0 Å². The van der Waals surface area contributed by atoms with E-state index >= 15 is 0 Å². The van der Waals surface area contributed by atoms with Gasteiger partial charge in [-0.05, 0) is 31.6 Å². The molecule has 0 aliphatic heterocycles. The van der Waals surface area contributed by atoms with Crippen LogP contribution in [0.2, 0.25) is 0 Å². The smallest absolute Gasteiger partial charge is 0.550 e. The molecule has 0 heterocycles. The average Bonchev–Trinajstić information content (AvgIpc) is 2.57. The summed E-state index contributed by atoms with van der Waals surface area (Å²) in [5.41, 5.74) is 15.1. The number of hydrogen-bond acceptors (Lipinski definition) is 10. The standard InChI is InChI=1S/2C5H9NO4.C5H11NO2.Ca/c2*6-3(5(9)10)1-2-4(7)8;1-3(2)4(6)5(7)8;/h2*3H,1-2,6H2,(H,7,8)(H,9,10);3-4H,6H2,1-2H3,(H,7,8);/q;;;+2/p-2/t2*3-;4-;/m000./s1. The van der Waals surface area contributed by atoms with E-state index in [1.54, 1.807) is 13.8 Å². The number of nitrogens with two attached hydrogens (primary N) is 3. The van der Waals surface area contributed by atoms with Gasteiger partial charge in [-0.1, -0.05) is 13.8 Å². The maximum absolute atomic E-state index is 10.0. The van der Waals surface area contributed by atoms with Gasteiger partial charge < -0.3 is 52.3 Å². The normalized spacial score (nSPS) is 12.5. The summed E-state index contributed by atoms with van der Waals surface area (Å²) in [5, 5.41) is 44.1. The van der Waals surface area contributed by atoms with Crippen molar-refractivity contribution >= 4 is 67.6 Å². The van der Waals surface area contributed by atoms with Crippen LogP contribution in [0.1, 0.15) is 39.5 Å². The van der Waals surface area contributed by atoms with Crippen LogP contribution in [0.4, 0.5) is 0 Å².